The Labute approximate surface area is 184 Å². The van der Waals surface area contributed by atoms with Crippen LogP contribution in [-0.4, -0.2) is 61.6 Å². The molecule has 0 atom stereocenters. The molecule has 0 radical (unpaired) electrons. The van der Waals surface area contributed by atoms with E-state index in [1.54, 1.807) is 0 Å². The number of halogens is 1. The predicted octanol–water partition coefficient (Wildman–Crippen LogP) is 4.01. The minimum absolute atomic E-state index is 0.0383. The summed E-state index contributed by atoms with van der Waals surface area (Å²) in [4.78, 5) is 19.2. The molecular weight excluding hydrogens is 396 g/mol. The highest BCUT2D eigenvalue weighted by molar-refractivity contribution is 6.30. The molecule has 0 unspecified atom stereocenters. The molecule has 30 heavy (non-hydrogen) atoms. The fraction of sp³-hybridized carbons (Fsp3) is 0.458. The molecule has 2 aliphatic heterocycles. The third-order valence-corrected chi connectivity index (χ3v) is 6.33. The molecule has 0 aliphatic carbocycles. The molecule has 0 aromatic heterocycles. The van der Waals surface area contributed by atoms with Gasteiger partial charge in [0.25, 0.3) is 0 Å². The summed E-state index contributed by atoms with van der Waals surface area (Å²) in [5.41, 5.74) is 3.81. The van der Waals surface area contributed by atoms with Gasteiger partial charge in [0, 0.05) is 50.0 Å². The van der Waals surface area contributed by atoms with Crippen molar-refractivity contribution in [2.24, 2.45) is 0 Å². The molecule has 4 rings (SSSR count). The van der Waals surface area contributed by atoms with E-state index < -0.39 is 0 Å². The molecule has 2 heterocycles. The lowest BCUT2D eigenvalue weighted by Gasteiger charge is -2.36. The van der Waals surface area contributed by atoms with Gasteiger partial charge < -0.3 is 15.1 Å². The largest absolute Gasteiger partial charge is 0.368 e. The van der Waals surface area contributed by atoms with Crippen molar-refractivity contribution in [3.63, 3.8) is 0 Å². The van der Waals surface area contributed by atoms with Crippen LogP contribution in [0.25, 0.3) is 0 Å². The van der Waals surface area contributed by atoms with Gasteiger partial charge in [0.2, 0.25) is 0 Å². The maximum atomic E-state index is 12.5. The van der Waals surface area contributed by atoms with Crippen LogP contribution in [-0.2, 0) is 13.0 Å². The normalized spacial score (nSPS) is 17.4. The molecule has 1 N–H and O–H groups in total. The molecule has 0 spiro atoms. The fourth-order valence-corrected chi connectivity index (χ4v) is 4.38. The van der Waals surface area contributed by atoms with Crippen molar-refractivity contribution in [3.8, 4) is 0 Å². The van der Waals surface area contributed by atoms with Crippen molar-refractivity contribution in [2.45, 2.75) is 25.8 Å². The predicted molar refractivity (Wildman–Crippen MR) is 123 cm³/mol. The van der Waals surface area contributed by atoms with Crippen molar-refractivity contribution in [2.75, 3.05) is 50.7 Å². The van der Waals surface area contributed by atoms with E-state index in [2.05, 4.69) is 39.4 Å². The minimum atomic E-state index is 0.0383. The molecule has 2 aromatic rings. The van der Waals surface area contributed by atoms with Crippen molar-refractivity contribution in [1.29, 1.82) is 0 Å². The smallest absolute Gasteiger partial charge is 0.317 e. The zero-order valence-corrected chi connectivity index (χ0v) is 18.3. The molecule has 2 fully saturated rings. The summed E-state index contributed by atoms with van der Waals surface area (Å²) in [6.45, 7) is 7.32. The lowest BCUT2D eigenvalue weighted by molar-refractivity contribution is 0.194. The second-order valence-corrected chi connectivity index (χ2v) is 8.67. The van der Waals surface area contributed by atoms with Crippen LogP contribution in [0.4, 0.5) is 10.5 Å². The summed E-state index contributed by atoms with van der Waals surface area (Å²) in [7, 11) is 0. The highest BCUT2D eigenvalue weighted by Crippen LogP contribution is 2.19. The Hall–Kier alpha value is -2.24. The third-order valence-electron chi connectivity index (χ3n) is 6.08. The molecule has 6 heteroatoms. The summed E-state index contributed by atoms with van der Waals surface area (Å²) in [5.74, 6) is 0. The Morgan fingerprint density at radius 1 is 0.833 bits per heavy atom. The molecule has 2 saturated heterocycles. The highest BCUT2D eigenvalue weighted by atomic mass is 35.5. The van der Waals surface area contributed by atoms with Crippen molar-refractivity contribution in [3.05, 3.63) is 64.7 Å². The van der Waals surface area contributed by atoms with Gasteiger partial charge in [0.15, 0.2) is 0 Å². The van der Waals surface area contributed by atoms with Gasteiger partial charge in [-0.05, 0) is 67.7 Å². The summed E-state index contributed by atoms with van der Waals surface area (Å²) >= 11 is 5.97. The zero-order chi connectivity index (χ0) is 20.8. The second kappa shape index (κ2) is 10.2. The number of carbonyl (C=O) groups excluding carboxylic acids is 1. The van der Waals surface area contributed by atoms with Gasteiger partial charge in [-0.25, -0.2) is 4.79 Å². The lowest BCUT2D eigenvalue weighted by atomic mass is 10.1. The Bertz CT molecular complexity index is 810. The first kappa shape index (κ1) is 21.0. The van der Waals surface area contributed by atoms with E-state index in [0.717, 1.165) is 49.9 Å². The first-order valence-electron chi connectivity index (χ1n) is 11.0. The van der Waals surface area contributed by atoms with E-state index >= 15 is 0 Å². The number of anilines is 1. The molecule has 160 valence electrons. The first-order chi connectivity index (χ1) is 14.7. The quantitative estimate of drug-likeness (QED) is 0.758. The SMILES string of the molecule is O=C(NCCc1ccc(CN2CCCC2)cc1)N1CCN(c2ccc(Cl)cc2)CC1. The fourth-order valence-electron chi connectivity index (χ4n) is 4.26. The number of urea groups is 1. The first-order valence-corrected chi connectivity index (χ1v) is 11.4. The average Bonchev–Trinajstić information content (AvgIpc) is 3.29. The van der Waals surface area contributed by atoms with Gasteiger partial charge in [0.1, 0.15) is 0 Å². The number of likely N-dealkylation sites (tertiary alicyclic amines) is 1. The Balaban J connectivity index is 1.16. The highest BCUT2D eigenvalue weighted by Gasteiger charge is 2.21. The van der Waals surface area contributed by atoms with Crippen LogP contribution in [0.2, 0.25) is 5.02 Å². The molecule has 2 amide bonds. The number of benzene rings is 2. The number of carbonyl (C=O) groups is 1. The number of hydrogen-bond acceptors (Lipinski definition) is 3. The monoisotopic (exact) mass is 426 g/mol. The van der Waals surface area contributed by atoms with E-state index in [4.69, 9.17) is 11.6 Å². The Morgan fingerprint density at radius 2 is 1.47 bits per heavy atom. The van der Waals surface area contributed by atoms with E-state index in [1.165, 1.54) is 37.1 Å². The van der Waals surface area contributed by atoms with E-state index in [-0.39, 0.29) is 6.03 Å². The van der Waals surface area contributed by atoms with Crippen LogP contribution in [0.5, 0.6) is 0 Å². The summed E-state index contributed by atoms with van der Waals surface area (Å²) < 4.78 is 0. The molecular formula is C24H31ClN4O. The number of rotatable bonds is 6. The number of nitrogens with zero attached hydrogens (tertiary/aromatic N) is 3. The second-order valence-electron chi connectivity index (χ2n) is 8.23. The van der Waals surface area contributed by atoms with Crippen molar-refractivity contribution < 1.29 is 4.79 Å². The van der Waals surface area contributed by atoms with E-state index in [9.17, 15) is 4.79 Å². The molecule has 2 aromatic carbocycles. The van der Waals surface area contributed by atoms with E-state index in [1.807, 2.05) is 29.2 Å². The van der Waals surface area contributed by atoms with Gasteiger partial charge in [-0.15, -0.1) is 0 Å². The number of amides is 2. The van der Waals surface area contributed by atoms with Crippen LogP contribution in [0.3, 0.4) is 0 Å². The van der Waals surface area contributed by atoms with Gasteiger partial charge in [-0.3, -0.25) is 4.90 Å². The number of piperazine rings is 1. The lowest BCUT2D eigenvalue weighted by Crippen LogP contribution is -2.52. The van der Waals surface area contributed by atoms with Gasteiger partial charge in [0.05, 0.1) is 0 Å². The maximum absolute atomic E-state index is 12.5. The van der Waals surface area contributed by atoms with Crippen LogP contribution in [0.1, 0.15) is 24.0 Å². The van der Waals surface area contributed by atoms with Gasteiger partial charge >= 0.3 is 6.03 Å². The van der Waals surface area contributed by atoms with Gasteiger partial charge in [-0.1, -0.05) is 35.9 Å². The van der Waals surface area contributed by atoms with Crippen LogP contribution < -0.4 is 10.2 Å². The minimum Gasteiger partial charge on any atom is -0.368 e. The standard InChI is InChI=1S/C24H31ClN4O/c25-22-7-9-23(10-8-22)28-15-17-29(18-16-28)24(30)26-12-11-20-3-5-21(6-4-20)19-27-13-1-2-14-27/h3-10H,1-2,11-19H2,(H,26,30). The zero-order valence-electron chi connectivity index (χ0n) is 17.5. The molecule has 5 nitrogen and oxygen atoms in total. The van der Waals surface area contributed by atoms with Crippen LogP contribution in [0.15, 0.2) is 48.5 Å². The van der Waals surface area contributed by atoms with Crippen LogP contribution >= 0.6 is 11.6 Å². The van der Waals surface area contributed by atoms with E-state index in [0.29, 0.717) is 6.54 Å². The Kier molecular flexibility index (Phi) is 7.13. The third kappa shape index (κ3) is 5.67. The summed E-state index contributed by atoms with van der Waals surface area (Å²) in [5, 5.41) is 3.83. The van der Waals surface area contributed by atoms with Gasteiger partial charge in [-0.2, -0.15) is 0 Å². The maximum Gasteiger partial charge on any atom is 0.317 e. The van der Waals surface area contributed by atoms with Crippen molar-refractivity contribution >= 4 is 23.3 Å². The molecule has 0 saturated carbocycles. The topological polar surface area (TPSA) is 38.8 Å². The van der Waals surface area contributed by atoms with Crippen LogP contribution in [0, 0.1) is 0 Å². The average molecular weight is 427 g/mol. The molecule has 2 aliphatic rings. The Morgan fingerprint density at radius 3 is 2.13 bits per heavy atom. The summed E-state index contributed by atoms with van der Waals surface area (Å²) in [6.07, 6.45) is 3.52. The number of hydrogen-bond donors (Lipinski definition) is 1. The number of nitrogens with one attached hydrogen (secondary N) is 1. The van der Waals surface area contributed by atoms with Crippen molar-refractivity contribution in [1.82, 2.24) is 15.1 Å². The molecule has 0 bridgehead atoms. The summed E-state index contributed by atoms with van der Waals surface area (Å²) in [6, 6.07) is 16.8.